The zero-order valence-electron chi connectivity index (χ0n) is 30.7. The maximum Gasteiger partial charge on any atom is 0.240 e. The van der Waals surface area contributed by atoms with E-state index in [-0.39, 0.29) is 0 Å². The third kappa shape index (κ3) is 4.81. The number of nitrogens with zero attached hydrogens (tertiary/aromatic N) is 6. The molecule has 0 unspecified atom stereocenters. The van der Waals surface area contributed by atoms with Crippen LogP contribution in [-0.4, -0.2) is 28.7 Å². The third-order valence-electron chi connectivity index (χ3n) is 11.4. The normalized spacial score (nSPS) is 11.9. The molecule has 4 aromatic heterocycles. The molecule has 6 nitrogen and oxygen atoms in total. The Bertz CT molecular complexity index is 3220. The first-order valence-corrected chi connectivity index (χ1v) is 19.2. The first-order valence-electron chi connectivity index (χ1n) is 19.2. The lowest BCUT2D eigenvalue weighted by Crippen LogP contribution is -2.10. The predicted octanol–water partition coefficient (Wildman–Crippen LogP) is 12.5. The van der Waals surface area contributed by atoms with Crippen LogP contribution in [0.2, 0.25) is 0 Å². The van der Waals surface area contributed by atoms with Gasteiger partial charge in [0.05, 0.1) is 33.1 Å². The van der Waals surface area contributed by atoms with Crippen molar-refractivity contribution in [1.82, 2.24) is 28.7 Å². The van der Waals surface area contributed by atoms with Crippen molar-refractivity contribution in [2.45, 2.75) is 0 Å². The molecule has 0 N–H and O–H groups in total. The van der Waals surface area contributed by atoms with E-state index < -0.39 is 0 Å². The van der Waals surface area contributed by atoms with Gasteiger partial charge < -0.3 is 4.57 Å². The Morgan fingerprint density at radius 3 is 0.877 bits per heavy atom. The molecule has 8 aromatic carbocycles. The van der Waals surface area contributed by atoms with E-state index in [0.29, 0.717) is 17.7 Å². The van der Waals surface area contributed by atoms with E-state index in [4.69, 9.17) is 15.0 Å². The Hall–Kier alpha value is -7.83. The van der Waals surface area contributed by atoms with Gasteiger partial charge >= 0.3 is 0 Å². The van der Waals surface area contributed by atoms with Gasteiger partial charge in [0.2, 0.25) is 11.9 Å². The maximum absolute atomic E-state index is 5.28. The molecule has 0 saturated heterocycles. The summed E-state index contributed by atoms with van der Waals surface area (Å²) in [6.07, 6.45) is 0. The lowest BCUT2D eigenvalue weighted by molar-refractivity contribution is 0.893. The third-order valence-corrected chi connectivity index (χ3v) is 11.4. The van der Waals surface area contributed by atoms with E-state index in [1.165, 1.54) is 21.8 Å². The molecule has 57 heavy (non-hydrogen) atoms. The molecule has 0 saturated carbocycles. The summed E-state index contributed by atoms with van der Waals surface area (Å²) < 4.78 is 6.68. The van der Waals surface area contributed by atoms with Crippen molar-refractivity contribution in [3.63, 3.8) is 0 Å². The van der Waals surface area contributed by atoms with Crippen molar-refractivity contribution in [3.05, 3.63) is 194 Å². The van der Waals surface area contributed by atoms with E-state index in [1.807, 2.05) is 0 Å². The summed E-state index contributed by atoms with van der Waals surface area (Å²) in [5.74, 6) is 1.74. The number of hydrogen-bond acceptors (Lipinski definition) is 3. The smallest absolute Gasteiger partial charge is 0.240 e. The van der Waals surface area contributed by atoms with Gasteiger partial charge in [0.25, 0.3) is 0 Å². The monoisotopic (exact) mass is 728 g/mol. The van der Waals surface area contributed by atoms with Gasteiger partial charge in [-0.2, -0.15) is 15.0 Å². The highest BCUT2D eigenvalue weighted by Crippen LogP contribution is 2.36. The molecule has 0 fully saturated rings. The van der Waals surface area contributed by atoms with Crippen LogP contribution in [0.4, 0.5) is 0 Å². The summed E-state index contributed by atoms with van der Waals surface area (Å²) in [5.41, 5.74) is 10.9. The number of fused-ring (bicyclic) bond motifs is 9. The summed E-state index contributed by atoms with van der Waals surface area (Å²) in [6, 6.07) is 68.5. The molecule has 4 heterocycles. The minimum atomic E-state index is 0.569. The quantitative estimate of drug-likeness (QED) is 0.177. The zero-order chi connectivity index (χ0) is 37.5. The fourth-order valence-electron chi connectivity index (χ4n) is 8.77. The zero-order valence-corrected chi connectivity index (χ0v) is 30.7. The standard InChI is InChI=1S/C51H32N6/c1-7-19-43-37(13-1)38-14-2-8-20-44(38)55(43)36-31-29-34(30-32-36)33-25-27-35(28-26-33)49-52-50(56-45-21-9-3-15-39(45)40-16-4-10-22-46(40)56)54-51(53-49)57-47-23-11-5-17-41(47)42-18-6-12-24-48(42)57/h1-32H. The van der Waals surface area contributed by atoms with Gasteiger partial charge in [-0.1, -0.05) is 146 Å². The molecule has 0 aliphatic rings. The molecule has 0 amide bonds. The Morgan fingerprint density at radius 1 is 0.246 bits per heavy atom. The number of aromatic nitrogens is 6. The van der Waals surface area contributed by atoms with E-state index in [9.17, 15) is 0 Å². The second kappa shape index (κ2) is 12.3. The van der Waals surface area contributed by atoms with Crippen LogP contribution in [0.3, 0.4) is 0 Å². The first kappa shape index (κ1) is 31.5. The predicted molar refractivity (Wildman–Crippen MR) is 234 cm³/mol. The topological polar surface area (TPSA) is 53.5 Å². The second-order valence-electron chi connectivity index (χ2n) is 14.5. The molecule has 0 spiro atoms. The van der Waals surface area contributed by atoms with Crippen molar-refractivity contribution >= 4 is 65.4 Å². The van der Waals surface area contributed by atoms with Crippen LogP contribution in [0, 0.1) is 0 Å². The molecule has 266 valence electrons. The number of rotatable bonds is 5. The molecular formula is C51H32N6. The highest BCUT2D eigenvalue weighted by Gasteiger charge is 2.20. The number of benzene rings is 8. The fourth-order valence-corrected chi connectivity index (χ4v) is 8.77. The molecule has 6 heteroatoms. The van der Waals surface area contributed by atoms with Crippen molar-refractivity contribution in [2.24, 2.45) is 0 Å². The largest absolute Gasteiger partial charge is 0.309 e. The summed E-state index contributed by atoms with van der Waals surface area (Å²) >= 11 is 0. The SMILES string of the molecule is c1ccc2c(c1)c1ccccc1n2-c1ccc(-c2ccc(-c3nc(-n4c5ccccc5c5ccccc54)nc(-n4c5ccccc5c5ccccc54)n3)cc2)cc1. The summed E-state index contributed by atoms with van der Waals surface area (Å²) in [4.78, 5) is 15.7. The van der Waals surface area contributed by atoms with Crippen molar-refractivity contribution in [3.8, 4) is 40.1 Å². The van der Waals surface area contributed by atoms with Gasteiger partial charge in [-0.25, -0.2) is 0 Å². The van der Waals surface area contributed by atoms with Crippen LogP contribution in [0.1, 0.15) is 0 Å². The van der Waals surface area contributed by atoms with Gasteiger partial charge in [-0.3, -0.25) is 9.13 Å². The van der Waals surface area contributed by atoms with Gasteiger partial charge in [0, 0.05) is 43.6 Å². The lowest BCUT2D eigenvalue weighted by Gasteiger charge is -2.13. The molecule has 0 atom stereocenters. The highest BCUT2D eigenvalue weighted by molar-refractivity contribution is 6.11. The fraction of sp³-hybridized carbons (Fsp3) is 0. The molecule has 0 aliphatic carbocycles. The van der Waals surface area contributed by atoms with Gasteiger partial charge in [-0.05, 0) is 59.7 Å². The van der Waals surface area contributed by atoms with Gasteiger partial charge in [0.15, 0.2) is 5.82 Å². The highest BCUT2D eigenvalue weighted by atomic mass is 15.3. The van der Waals surface area contributed by atoms with Crippen LogP contribution in [0.15, 0.2) is 194 Å². The van der Waals surface area contributed by atoms with Crippen molar-refractivity contribution in [2.75, 3.05) is 0 Å². The molecular weight excluding hydrogens is 697 g/mol. The minimum absolute atomic E-state index is 0.569. The van der Waals surface area contributed by atoms with Gasteiger partial charge in [0.1, 0.15) is 0 Å². The molecule has 0 aliphatic heterocycles. The second-order valence-corrected chi connectivity index (χ2v) is 14.5. The van der Waals surface area contributed by atoms with Crippen LogP contribution in [-0.2, 0) is 0 Å². The van der Waals surface area contributed by atoms with E-state index >= 15 is 0 Å². The summed E-state index contributed by atoms with van der Waals surface area (Å²) in [7, 11) is 0. The van der Waals surface area contributed by atoms with E-state index in [2.05, 4.69) is 208 Å². The molecule has 12 rings (SSSR count). The lowest BCUT2D eigenvalue weighted by atomic mass is 10.0. The van der Waals surface area contributed by atoms with Crippen molar-refractivity contribution in [1.29, 1.82) is 0 Å². The molecule has 0 radical (unpaired) electrons. The van der Waals surface area contributed by atoms with Gasteiger partial charge in [-0.15, -0.1) is 0 Å². The average Bonchev–Trinajstić information content (AvgIpc) is 3.92. The molecule has 12 aromatic rings. The first-order chi connectivity index (χ1) is 28.3. The maximum atomic E-state index is 5.28. The van der Waals surface area contributed by atoms with Crippen molar-refractivity contribution < 1.29 is 0 Å². The Labute approximate surface area is 327 Å². The summed E-state index contributed by atoms with van der Waals surface area (Å²) in [6.45, 7) is 0. The van der Waals surface area contributed by atoms with Crippen LogP contribution >= 0.6 is 0 Å². The van der Waals surface area contributed by atoms with Crippen LogP contribution in [0.5, 0.6) is 0 Å². The van der Waals surface area contributed by atoms with Crippen LogP contribution in [0.25, 0.3) is 106 Å². The Kier molecular flexibility index (Phi) is 6.83. The van der Waals surface area contributed by atoms with Crippen LogP contribution < -0.4 is 0 Å². The van der Waals surface area contributed by atoms with E-state index in [0.717, 1.165) is 66.0 Å². The number of para-hydroxylation sites is 6. The average molecular weight is 729 g/mol. The minimum Gasteiger partial charge on any atom is -0.309 e. The Balaban J connectivity index is 1.00. The number of hydrogen-bond donors (Lipinski definition) is 0. The molecule has 0 bridgehead atoms. The summed E-state index contributed by atoms with van der Waals surface area (Å²) in [5, 5.41) is 7.13. The van der Waals surface area contributed by atoms with E-state index in [1.54, 1.807) is 0 Å². The Morgan fingerprint density at radius 2 is 0.526 bits per heavy atom.